The number of halogens is 1. The molecule has 0 aromatic heterocycles. The van der Waals surface area contributed by atoms with Gasteiger partial charge in [0.15, 0.2) is 0 Å². The Kier molecular flexibility index (Phi) is 8.28. The van der Waals surface area contributed by atoms with Crippen molar-refractivity contribution in [2.45, 2.75) is 32.1 Å². The summed E-state index contributed by atoms with van der Waals surface area (Å²) < 4.78 is 1.15. The second-order valence-corrected chi connectivity index (χ2v) is 7.68. The van der Waals surface area contributed by atoms with Crippen molar-refractivity contribution in [1.82, 2.24) is 10.2 Å². The highest BCUT2D eigenvalue weighted by Crippen LogP contribution is 2.44. The van der Waals surface area contributed by atoms with E-state index in [1.165, 1.54) is 22.5 Å². The number of alkyl halides is 1. The average Bonchev–Trinajstić information content (AvgIpc) is 3.05. The lowest BCUT2D eigenvalue weighted by Gasteiger charge is -2.18. The normalized spacial score (nSPS) is 18.0. The third-order valence-corrected chi connectivity index (χ3v) is 6.87. The summed E-state index contributed by atoms with van der Waals surface area (Å²) in [5, 5.41) is 4.18. The second-order valence-electron chi connectivity index (χ2n) is 5.59. The second kappa shape index (κ2) is 9.96. The molecule has 0 aliphatic carbocycles. The SMILES string of the molecule is CCN(CC)CCNCc1ccc(C2CC=C(CI)S2)cc1. The lowest BCUT2D eigenvalue weighted by Crippen LogP contribution is -2.31. The summed E-state index contributed by atoms with van der Waals surface area (Å²) in [5.74, 6) is 0. The summed E-state index contributed by atoms with van der Waals surface area (Å²) in [4.78, 5) is 3.98. The number of allylic oxidation sites excluding steroid dienone is 2. The van der Waals surface area contributed by atoms with Gasteiger partial charge in [0.05, 0.1) is 0 Å². The number of rotatable bonds is 9. The fraction of sp³-hybridized carbons (Fsp3) is 0.556. The number of thioether (sulfide) groups is 1. The summed E-state index contributed by atoms with van der Waals surface area (Å²) in [6, 6.07) is 9.18. The van der Waals surface area contributed by atoms with E-state index in [1.54, 1.807) is 0 Å². The zero-order valence-electron chi connectivity index (χ0n) is 13.6. The Morgan fingerprint density at radius 1 is 1.23 bits per heavy atom. The number of likely N-dealkylation sites (N-methyl/N-ethyl adjacent to an activating group) is 1. The molecule has 1 aromatic rings. The molecule has 0 saturated carbocycles. The number of benzene rings is 1. The Morgan fingerprint density at radius 3 is 2.55 bits per heavy atom. The molecule has 2 nitrogen and oxygen atoms in total. The van der Waals surface area contributed by atoms with Crippen molar-refractivity contribution < 1.29 is 0 Å². The summed E-state index contributed by atoms with van der Waals surface area (Å²) in [5.41, 5.74) is 2.85. The highest BCUT2D eigenvalue weighted by molar-refractivity contribution is 14.1. The van der Waals surface area contributed by atoms with Crippen molar-refractivity contribution in [3.8, 4) is 0 Å². The Bertz CT molecular complexity index is 468. The van der Waals surface area contributed by atoms with E-state index in [2.05, 4.69) is 77.0 Å². The zero-order chi connectivity index (χ0) is 15.8. The highest BCUT2D eigenvalue weighted by atomic mass is 127. The molecule has 0 radical (unpaired) electrons. The molecule has 122 valence electrons. The van der Waals surface area contributed by atoms with Crippen LogP contribution in [0.3, 0.4) is 0 Å². The van der Waals surface area contributed by atoms with Gasteiger partial charge in [-0.05, 0) is 35.5 Å². The van der Waals surface area contributed by atoms with Crippen LogP contribution in [-0.2, 0) is 6.54 Å². The number of nitrogens with one attached hydrogen (secondary N) is 1. The molecule has 1 atom stereocenters. The Balaban J connectivity index is 1.73. The first-order valence-electron chi connectivity index (χ1n) is 8.20. The van der Waals surface area contributed by atoms with Gasteiger partial charge < -0.3 is 10.2 Å². The van der Waals surface area contributed by atoms with E-state index in [4.69, 9.17) is 0 Å². The summed E-state index contributed by atoms with van der Waals surface area (Å²) in [6.07, 6.45) is 3.58. The van der Waals surface area contributed by atoms with Crippen molar-refractivity contribution in [2.24, 2.45) is 0 Å². The predicted octanol–water partition coefficient (Wildman–Crippen LogP) is 4.61. The molecular weight excluding hydrogens is 403 g/mol. The molecule has 0 amide bonds. The monoisotopic (exact) mass is 430 g/mol. The maximum Gasteiger partial charge on any atom is 0.0376 e. The van der Waals surface area contributed by atoms with Crippen LogP contribution in [0.2, 0.25) is 0 Å². The van der Waals surface area contributed by atoms with Crippen LogP contribution in [0.5, 0.6) is 0 Å². The van der Waals surface area contributed by atoms with Gasteiger partial charge in [0.25, 0.3) is 0 Å². The molecular formula is C18H27IN2S. The molecule has 2 rings (SSSR count). The molecule has 0 bridgehead atoms. The van der Waals surface area contributed by atoms with Gasteiger partial charge in [-0.25, -0.2) is 0 Å². The minimum atomic E-state index is 0.634. The summed E-state index contributed by atoms with van der Waals surface area (Å²) in [7, 11) is 0. The minimum Gasteiger partial charge on any atom is -0.311 e. The van der Waals surface area contributed by atoms with Gasteiger partial charge in [0.2, 0.25) is 0 Å². The topological polar surface area (TPSA) is 15.3 Å². The van der Waals surface area contributed by atoms with Crippen LogP contribution in [0, 0.1) is 0 Å². The van der Waals surface area contributed by atoms with E-state index < -0.39 is 0 Å². The Labute approximate surface area is 153 Å². The Morgan fingerprint density at radius 2 is 1.95 bits per heavy atom. The third-order valence-electron chi connectivity index (χ3n) is 4.16. The van der Waals surface area contributed by atoms with Gasteiger partial charge in [-0.2, -0.15) is 0 Å². The fourth-order valence-electron chi connectivity index (χ4n) is 2.67. The lowest BCUT2D eigenvalue weighted by atomic mass is 10.1. The largest absolute Gasteiger partial charge is 0.311 e. The average molecular weight is 430 g/mol. The number of hydrogen-bond acceptors (Lipinski definition) is 3. The zero-order valence-corrected chi connectivity index (χ0v) is 16.6. The van der Waals surface area contributed by atoms with E-state index in [0.717, 1.165) is 37.2 Å². The summed E-state index contributed by atoms with van der Waals surface area (Å²) in [6.45, 7) is 9.89. The van der Waals surface area contributed by atoms with Gasteiger partial charge in [0.1, 0.15) is 0 Å². The third kappa shape index (κ3) is 5.55. The van der Waals surface area contributed by atoms with Crippen LogP contribution >= 0.6 is 34.4 Å². The van der Waals surface area contributed by atoms with E-state index in [1.807, 2.05) is 11.8 Å². The van der Waals surface area contributed by atoms with Gasteiger partial charge in [-0.3, -0.25) is 0 Å². The molecule has 1 N–H and O–H groups in total. The maximum atomic E-state index is 3.55. The van der Waals surface area contributed by atoms with E-state index in [0.29, 0.717) is 5.25 Å². The standard InChI is InChI=1S/C18H27IN2S/c1-3-21(4-2)12-11-20-14-15-5-7-16(8-6-15)18-10-9-17(13-19)22-18/h5-9,18,20H,3-4,10-14H2,1-2H3. The molecule has 1 aliphatic rings. The van der Waals surface area contributed by atoms with Crippen LogP contribution in [-0.4, -0.2) is 35.5 Å². The van der Waals surface area contributed by atoms with Crippen molar-refractivity contribution in [2.75, 3.05) is 30.6 Å². The maximum absolute atomic E-state index is 3.55. The highest BCUT2D eigenvalue weighted by Gasteiger charge is 2.18. The molecule has 0 fully saturated rings. The quantitative estimate of drug-likeness (QED) is 0.350. The molecule has 1 aromatic carbocycles. The first-order valence-corrected chi connectivity index (χ1v) is 10.6. The van der Waals surface area contributed by atoms with Gasteiger partial charge >= 0.3 is 0 Å². The van der Waals surface area contributed by atoms with Crippen LogP contribution in [0.4, 0.5) is 0 Å². The molecule has 22 heavy (non-hydrogen) atoms. The molecule has 0 saturated heterocycles. The van der Waals surface area contributed by atoms with Crippen molar-refractivity contribution in [3.63, 3.8) is 0 Å². The number of hydrogen-bond donors (Lipinski definition) is 1. The first-order chi connectivity index (χ1) is 10.8. The molecule has 1 heterocycles. The minimum absolute atomic E-state index is 0.634. The van der Waals surface area contributed by atoms with Gasteiger partial charge in [-0.15, -0.1) is 11.8 Å². The lowest BCUT2D eigenvalue weighted by molar-refractivity contribution is 0.302. The molecule has 1 unspecified atom stereocenters. The molecule has 1 aliphatic heterocycles. The van der Waals surface area contributed by atoms with Gasteiger partial charge in [0, 0.05) is 29.3 Å². The number of nitrogens with zero attached hydrogens (tertiary/aromatic N) is 1. The van der Waals surface area contributed by atoms with Crippen LogP contribution in [0.25, 0.3) is 0 Å². The molecule has 4 heteroatoms. The smallest absolute Gasteiger partial charge is 0.0376 e. The van der Waals surface area contributed by atoms with Crippen molar-refractivity contribution in [1.29, 1.82) is 0 Å². The van der Waals surface area contributed by atoms with E-state index >= 15 is 0 Å². The first kappa shape index (κ1) is 18.3. The van der Waals surface area contributed by atoms with Gasteiger partial charge in [-0.1, -0.05) is 66.8 Å². The summed E-state index contributed by atoms with van der Waals surface area (Å²) >= 11 is 4.48. The fourth-order valence-corrected chi connectivity index (χ4v) is 4.62. The van der Waals surface area contributed by atoms with E-state index in [-0.39, 0.29) is 0 Å². The predicted molar refractivity (Wildman–Crippen MR) is 108 cm³/mol. The molecule has 0 spiro atoms. The Hall–Kier alpha value is -0.0400. The van der Waals surface area contributed by atoms with Crippen molar-refractivity contribution >= 4 is 34.4 Å². The van der Waals surface area contributed by atoms with Crippen LogP contribution in [0.15, 0.2) is 35.2 Å². The van der Waals surface area contributed by atoms with E-state index in [9.17, 15) is 0 Å². The van der Waals surface area contributed by atoms with Crippen molar-refractivity contribution in [3.05, 3.63) is 46.4 Å². The van der Waals surface area contributed by atoms with Crippen LogP contribution < -0.4 is 5.32 Å². The van der Waals surface area contributed by atoms with Crippen LogP contribution in [0.1, 0.15) is 36.6 Å².